The Labute approximate surface area is 122 Å². The van der Waals surface area contributed by atoms with Crippen molar-refractivity contribution in [1.29, 1.82) is 0 Å². The molecule has 8 heteroatoms. The van der Waals surface area contributed by atoms with E-state index in [0.29, 0.717) is 25.3 Å². The van der Waals surface area contributed by atoms with Crippen LogP contribution in [-0.2, 0) is 23.0 Å². The Balaban J connectivity index is 1.90. The van der Waals surface area contributed by atoms with Crippen LogP contribution in [0.25, 0.3) is 0 Å². The Bertz CT molecular complexity index is 620. The van der Waals surface area contributed by atoms with Gasteiger partial charge >= 0.3 is 0 Å². The van der Waals surface area contributed by atoms with Gasteiger partial charge < -0.3 is 9.73 Å². The van der Waals surface area contributed by atoms with E-state index in [1.807, 2.05) is 12.3 Å². The number of nitrogens with one attached hydrogen (secondary N) is 2. The first-order valence-electron chi connectivity index (χ1n) is 6.28. The fourth-order valence-electron chi connectivity index (χ4n) is 1.59. The molecule has 0 atom stereocenters. The van der Waals surface area contributed by atoms with Gasteiger partial charge in [-0.15, -0.1) is 11.3 Å². The lowest BCUT2D eigenvalue weighted by Gasteiger charge is -2.03. The zero-order valence-electron chi connectivity index (χ0n) is 11.1. The predicted molar refractivity (Wildman–Crippen MR) is 77.1 cm³/mol. The van der Waals surface area contributed by atoms with Crippen LogP contribution in [0.2, 0.25) is 0 Å². The third-order valence-corrected chi connectivity index (χ3v) is 4.58. The highest BCUT2D eigenvalue weighted by atomic mass is 32.2. The van der Waals surface area contributed by atoms with Crippen molar-refractivity contribution in [3.63, 3.8) is 0 Å². The van der Waals surface area contributed by atoms with E-state index in [1.165, 1.54) is 17.4 Å². The van der Waals surface area contributed by atoms with Gasteiger partial charge in [0, 0.05) is 18.3 Å². The van der Waals surface area contributed by atoms with Crippen molar-refractivity contribution >= 4 is 21.4 Å². The second-order valence-electron chi connectivity index (χ2n) is 4.13. The molecule has 2 rings (SSSR count). The maximum atomic E-state index is 12.0. The van der Waals surface area contributed by atoms with Crippen LogP contribution in [0.3, 0.4) is 0 Å². The van der Waals surface area contributed by atoms with E-state index >= 15 is 0 Å². The fraction of sp³-hybridized carbons (Fsp3) is 0.417. The first-order valence-corrected chi connectivity index (χ1v) is 8.70. The minimum absolute atomic E-state index is 0.0521. The molecular weight excluding hydrogens is 298 g/mol. The highest BCUT2D eigenvalue weighted by molar-refractivity contribution is 7.89. The Hall–Kier alpha value is -1.22. The quantitative estimate of drug-likeness (QED) is 0.768. The van der Waals surface area contributed by atoms with Crippen LogP contribution in [0.1, 0.15) is 18.4 Å². The molecule has 0 aliphatic rings. The molecule has 0 fully saturated rings. The largest absolute Gasteiger partial charge is 0.447 e. The predicted octanol–water partition coefficient (Wildman–Crippen LogP) is 1.37. The summed E-state index contributed by atoms with van der Waals surface area (Å²) < 4.78 is 31.8. The van der Waals surface area contributed by atoms with Crippen LogP contribution < -0.4 is 10.0 Å². The molecule has 20 heavy (non-hydrogen) atoms. The molecule has 0 saturated carbocycles. The number of sulfonamides is 1. The molecule has 0 amide bonds. The minimum atomic E-state index is -3.59. The summed E-state index contributed by atoms with van der Waals surface area (Å²) in [5.41, 5.74) is 2.61. The molecule has 0 aliphatic heterocycles. The topological polar surface area (TPSA) is 84.2 Å². The lowest BCUT2D eigenvalue weighted by atomic mass is 10.3. The molecule has 0 aromatic carbocycles. The number of furan rings is 1. The first-order chi connectivity index (χ1) is 9.62. The van der Waals surface area contributed by atoms with Gasteiger partial charge in [0.1, 0.15) is 5.76 Å². The van der Waals surface area contributed by atoms with Crippen LogP contribution in [0, 0.1) is 0 Å². The minimum Gasteiger partial charge on any atom is -0.447 e. The molecular formula is C12H17N3O3S2. The van der Waals surface area contributed by atoms with Crippen molar-refractivity contribution in [1.82, 2.24) is 15.0 Å². The van der Waals surface area contributed by atoms with Gasteiger partial charge in [0.05, 0.1) is 17.7 Å². The summed E-state index contributed by atoms with van der Waals surface area (Å²) in [7, 11) is -3.59. The Morgan fingerprint density at radius 1 is 1.40 bits per heavy atom. The molecule has 110 valence electrons. The van der Waals surface area contributed by atoms with Crippen LogP contribution in [-0.4, -0.2) is 26.5 Å². The van der Waals surface area contributed by atoms with Crippen LogP contribution in [0.5, 0.6) is 0 Å². The van der Waals surface area contributed by atoms with Crippen molar-refractivity contribution in [2.45, 2.75) is 25.0 Å². The van der Waals surface area contributed by atoms with E-state index in [0.717, 1.165) is 12.2 Å². The van der Waals surface area contributed by atoms with Crippen LogP contribution in [0.4, 0.5) is 0 Å². The number of hydrogen-bond donors (Lipinski definition) is 2. The van der Waals surface area contributed by atoms with Gasteiger partial charge in [-0.05, 0) is 18.7 Å². The zero-order valence-corrected chi connectivity index (χ0v) is 12.8. The number of rotatable bonds is 8. The van der Waals surface area contributed by atoms with E-state index in [4.69, 9.17) is 4.42 Å². The lowest BCUT2D eigenvalue weighted by molar-refractivity contribution is 0.401. The normalized spacial score (nSPS) is 11.8. The maximum Gasteiger partial charge on any atom is 0.273 e. The van der Waals surface area contributed by atoms with Gasteiger partial charge in [-0.1, -0.05) is 6.92 Å². The van der Waals surface area contributed by atoms with Gasteiger partial charge in [0.15, 0.2) is 0 Å². The monoisotopic (exact) mass is 315 g/mol. The second kappa shape index (κ2) is 6.98. The summed E-state index contributed by atoms with van der Waals surface area (Å²) >= 11 is 1.49. The van der Waals surface area contributed by atoms with E-state index < -0.39 is 10.0 Å². The zero-order chi connectivity index (χ0) is 14.4. The van der Waals surface area contributed by atoms with Gasteiger partial charge in [0.2, 0.25) is 5.09 Å². The van der Waals surface area contributed by atoms with E-state index in [9.17, 15) is 8.42 Å². The van der Waals surface area contributed by atoms with Gasteiger partial charge in [-0.25, -0.2) is 18.1 Å². The smallest absolute Gasteiger partial charge is 0.273 e. The molecule has 2 aromatic heterocycles. The summed E-state index contributed by atoms with van der Waals surface area (Å²) in [6.45, 7) is 3.59. The lowest BCUT2D eigenvalue weighted by Crippen LogP contribution is -2.25. The van der Waals surface area contributed by atoms with Gasteiger partial charge in [0.25, 0.3) is 10.0 Å². The molecule has 0 aliphatic carbocycles. The third-order valence-electron chi connectivity index (χ3n) is 2.61. The number of thiazole rings is 1. The molecule has 2 aromatic rings. The molecule has 0 radical (unpaired) electrons. The Morgan fingerprint density at radius 2 is 2.25 bits per heavy atom. The highest BCUT2D eigenvalue weighted by Crippen LogP contribution is 2.13. The summed E-state index contributed by atoms with van der Waals surface area (Å²) in [6, 6.07) is 3.13. The average Bonchev–Trinajstić information content (AvgIpc) is 3.07. The van der Waals surface area contributed by atoms with Crippen molar-refractivity contribution < 1.29 is 12.8 Å². The summed E-state index contributed by atoms with van der Waals surface area (Å²) in [5, 5.41) is 4.92. The molecule has 0 unspecified atom stereocenters. The number of nitrogens with zero attached hydrogens (tertiary/aromatic N) is 1. The van der Waals surface area contributed by atoms with E-state index in [-0.39, 0.29) is 5.09 Å². The maximum absolute atomic E-state index is 12.0. The molecule has 0 saturated heterocycles. The highest BCUT2D eigenvalue weighted by Gasteiger charge is 2.18. The number of aromatic nitrogens is 1. The fourth-order valence-corrected chi connectivity index (χ4v) is 3.16. The standard InChI is InChI=1S/C12H17N3O3S2/c1-2-13-7-11-3-4-12(18-11)20(16,17)15-6-5-10-8-19-9-14-10/h3-4,8-9,13,15H,2,5-7H2,1H3. The molecule has 0 spiro atoms. The van der Waals surface area contributed by atoms with Gasteiger partial charge in [-0.2, -0.15) is 0 Å². The van der Waals surface area contributed by atoms with E-state index in [1.54, 1.807) is 11.6 Å². The molecule has 2 N–H and O–H groups in total. The Morgan fingerprint density at radius 3 is 2.95 bits per heavy atom. The summed E-state index contributed by atoms with van der Waals surface area (Å²) in [5.74, 6) is 0.603. The molecule has 0 bridgehead atoms. The third kappa shape index (κ3) is 4.14. The van der Waals surface area contributed by atoms with Crippen LogP contribution >= 0.6 is 11.3 Å². The van der Waals surface area contributed by atoms with Gasteiger partial charge in [-0.3, -0.25) is 0 Å². The summed E-state index contributed by atoms with van der Waals surface area (Å²) in [4.78, 5) is 4.10. The van der Waals surface area contributed by atoms with Crippen molar-refractivity contribution in [2.24, 2.45) is 0 Å². The summed E-state index contributed by atoms with van der Waals surface area (Å²) in [6.07, 6.45) is 0.563. The molecule has 2 heterocycles. The SMILES string of the molecule is CCNCc1ccc(S(=O)(=O)NCCc2cscn2)o1. The molecule has 6 nitrogen and oxygen atoms in total. The first kappa shape index (κ1) is 15.2. The van der Waals surface area contributed by atoms with Crippen molar-refractivity contribution in [2.75, 3.05) is 13.1 Å². The van der Waals surface area contributed by atoms with Crippen molar-refractivity contribution in [3.05, 3.63) is 34.5 Å². The second-order valence-corrected chi connectivity index (χ2v) is 6.55. The van der Waals surface area contributed by atoms with Crippen molar-refractivity contribution in [3.8, 4) is 0 Å². The van der Waals surface area contributed by atoms with E-state index in [2.05, 4.69) is 15.0 Å². The Kier molecular flexibility index (Phi) is 5.30. The van der Waals surface area contributed by atoms with Crippen LogP contribution in [0.15, 0.2) is 32.5 Å². The number of hydrogen-bond acceptors (Lipinski definition) is 6. The average molecular weight is 315 g/mol.